The van der Waals surface area contributed by atoms with Gasteiger partial charge in [0, 0.05) is 29.4 Å². The molecule has 0 aliphatic heterocycles. The van der Waals surface area contributed by atoms with Crippen LogP contribution in [0.2, 0.25) is 5.02 Å². The van der Waals surface area contributed by atoms with Crippen LogP contribution in [0, 0.1) is 13.8 Å². The number of nitrogens with zero attached hydrogens (tertiary/aromatic N) is 3. The zero-order valence-corrected chi connectivity index (χ0v) is 17.1. The van der Waals surface area contributed by atoms with Gasteiger partial charge in [-0.1, -0.05) is 54.1 Å². The number of aryl methyl sites for hydroxylation is 2. The van der Waals surface area contributed by atoms with Crippen molar-refractivity contribution in [3.8, 4) is 11.3 Å². The van der Waals surface area contributed by atoms with Gasteiger partial charge in [0.2, 0.25) is 5.91 Å². The van der Waals surface area contributed by atoms with Crippen molar-refractivity contribution in [3.63, 3.8) is 0 Å². The van der Waals surface area contributed by atoms with Gasteiger partial charge in [0.25, 0.3) is 0 Å². The van der Waals surface area contributed by atoms with Gasteiger partial charge in [-0.05, 0) is 38.0 Å². The largest absolute Gasteiger partial charge is 0.325 e. The van der Waals surface area contributed by atoms with Crippen LogP contribution in [0.5, 0.6) is 0 Å². The number of para-hydroxylation sites is 1. The Morgan fingerprint density at radius 2 is 1.79 bits per heavy atom. The van der Waals surface area contributed by atoms with Crippen LogP contribution in [0.15, 0.2) is 60.7 Å². The number of fused-ring (bicyclic) bond motifs is 1. The molecule has 0 aliphatic rings. The number of halogens is 1. The van der Waals surface area contributed by atoms with Gasteiger partial charge >= 0.3 is 0 Å². The molecule has 0 unspecified atom stereocenters. The van der Waals surface area contributed by atoms with Crippen molar-refractivity contribution >= 4 is 28.8 Å². The molecule has 2 aromatic carbocycles. The Balaban J connectivity index is 1.56. The van der Waals surface area contributed by atoms with Crippen LogP contribution in [-0.2, 0) is 11.2 Å². The molecule has 0 atom stereocenters. The first kappa shape index (κ1) is 19.2. The van der Waals surface area contributed by atoms with Crippen LogP contribution < -0.4 is 5.32 Å². The number of nitrogens with one attached hydrogen (secondary N) is 1. The van der Waals surface area contributed by atoms with Gasteiger partial charge in [-0.15, -0.1) is 0 Å². The van der Waals surface area contributed by atoms with Crippen molar-refractivity contribution in [1.29, 1.82) is 0 Å². The second-order valence-electron chi connectivity index (χ2n) is 6.95. The maximum absolute atomic E-state index is 12.4. The quantitative estimate of drug-likeness (QED) is 0.495. The number of carbonyl (C=O) groups excluding carboxylic acids is 1. The van der Waals surface area contributed by atoms with E-state index in [0.29, 0.717) is 23.6 Å². The number of aromatic nitrogens is 3. The molecular weight excluding hydrogens is 384 g/mol. The highest BCUT2D eigenvalue weighted by atomic mass is 35.5. The van der Waals surface area contributed by atoms with E-state index in [1.165, 1.54) is 0 Å². The smallest absolute Gasteiger partial charge is 0.224 e. The second kappa shape index (κ2) is 8.05. The lowest BCUT2D eigenvalue weighted by molar-refractivity contribution is -0.116. The van der Waals surface area contributed by atoms with Gasteiger partial charge in [0.05, 0.1) is 16.4 Å². The molecule has 2 heterocycles. The lowest BCUT2D eigenvalue weighted by Crippen LogP contribution is -2.14. The summed E-state index contributed by atoms with van der Waals surface area (Å²) in [7, 11) is 0. The molecule has 0 saturated carbocycles. The fourth-order valence-electron chi connectivity index (χ4n) is 3.45. The van der Waals surface area contributed by atoms with Crippen molar-refractivity contribution in [2.45, 2.75) is 26.7 Å². The van der Waals surface area contributed by atoms with Gasteiger partial charge in [-0.2, -0.15) is 5.10 Å². The lowest BCUT2D eigenvalue weighted by Gasteiger charge is -2.11. The van der Waals surface area contributed by atoms with E-state index in [0.717, 1.165) is 33.9 Å². The van der Waals surface area contributed by atoms with Crippen molar-refractivity contribution in [2.75, 3.05) is 5.32 Å². The van der Waals surface area contributed by atoms with Gasteiger partial charge in [0.1, 0.15) is 0 Å². The average Bonchev–Trinajstić information content (AvgIpc) is 3.14. The number of hydrogen-bond acceptors (Lipinski definition) is 3. The van der Waals surface area contributed by atoms with Crippen LogP contribution in [-0.4, -0.2) is 20.5 Å². The van der Waals surface area contributed by atoms with Crippen molar-refractivity contribution < 1.29 is 4.79 Å². The van der Waals surface area contributed by atoms with Gasteiger partial charge in [-0.3, -0.25) is 4.79 Å². The molecule has 0 radical (unpaired) electrons. The Morgan fingerprint density at radius 1 is 1.07 bits per heavy atom. The summed E-state index contributed by atoms with van der Waals surface area (Å²) in [5, 5.41) is 8.12. The van der Waals surface area contributed by atoms with Crippen LogP contribution >= 0.6 is 11.6 Å². The van der Waals surface area contributed by atoms with Crippen molar-refractivity contribution in [3.05, 3.63) is 82.6 Å². The highest BCUT2D eigenvalue weighted by molar-refractivity contribution is 6.33. The minimum atomic E-state index is -0.0811. The number of rotatable bonds is 5. The SMILES string of the molecule is Cc1nc2cc(-c3ccccc3)nn2c(C)c1CCC(=O)Nc1ccccc1Cl. The first-order valence-electron chi connectivity index (χ1n) is 9.48. The van der Waals surface area contributed by atoms with Crippen LogP contribution in [0.1, 0.15) is 23.4 Å². The van der Waals surface area contributed by atoms with Gasteiger partial charge in [-0.25, -0.2) is 9.50 Å². The molecule has 5 nitrogen and oxygen atoms in total. The summed E-state index contributed by atoms with van der Waals surface area (Å²) in [5.74, 6) is -0.0811. The first-order valence-corrected chi connectivity index (χ1v) is 9.86. The second-order valence-corrected chi connectivity index (χ2v) is 7.36. The maximum Gasteiger partial charge on any atom is 0.224 e. The average molecular weight is 405 g/mol. The molecule has 0 bridgehead atoms. The molecule has 1 amide bonds. The number of benzene rings is 2. The highest BCUT2D eigenvalue weighted by Crippen LogP contribution is 2.23. The zero-order valence-electron chi connectivity index (χ0n) is 16.3. The predicted octanol–water partition coefficient (Wildman–Crippen LogP) is 5.24. The summed E-state index contributed by atoms with van der Waals surface area (Å²) < 4.78 is 1.86. The maximum atomic E-state index is 12.4. The minimum Gasteiger partial charge on any atom is -0.325 e. The molecular formula is C23H21ClN4O. The number of carbonyl (C=O) groups is 1. The standard InChI is InChI=1S/C23H21ClN4O/c1-15-18(12-13-23(29)26-20-11-7-6-10-19(20)24)16(2)28-22(25-15)14-21(27-28)17-8-4-3-5-9-17/h3-11,14H,12-13H2,1-2H3,(H,26,29). The molecule has 29 heavy (non-hydrogen) atoms. The van der Waals surface area contributed by atoms with E-state index in [1.54, 1.807) is 12.1 Å². The monoisotopic (exact) mass is 404 g/mol. The molecule has 0 fully saturated rings. The number of hydrogen-bond donors (Lipinski definition) is 1. The number of amides is 1. The third-order valence-corrected chi connectivity index (χ3v) is 5.31. The van der Waals surface area contributed by atoms with Gasteiger partial charge in [0.15, 0.2) is 5.65 Å². The normalized spacial score (nSPS) is 11.0. The molecule has 6 heteroatoms. The summed E-state index contributed by atoms with van der Waals surface area (Å²) in [6.45, 7) is 3.99. The molecule has 0 aliphatic carbocycles. The third kappa shape index (κ3) is 4.00. The van der Waals surface area contributed by atoms with E-state index in [2.05, 4.69) is 5.32 Å². The fraction of sp³-hybridized carbons (Fsp3) is 0.174. The van der Waals surface area contributed by atoms with E-state index in [9.17, 15) is 4.79 Å². The Kier molecular flexibility index (Phi) is 5.32. The lowest BCUT2D eigenvalue weighted by atomic mass is 10.1. The molecule has 146 valence electrons. The Morgan fingerprint density at radius 3 is 2.55 bits per heavy atom. The summed E-state index contributed by atoms with van der Waals surface area (Å²) in [6, 6.07) is 19.2. The predicted molar refractivity (Wildman–Crippen MR) is 116 cm³/mol. The Bertz CT molecular complexity index is 1180. The Labute approximate surface area is 174 Å². The fourth-order valence-corrected chi connectivity index (χ4v) is 3.64. The van der Waals surface area contributed by atoms with Crippen molar-refractivity contribution in [2.24, 2.45) is 0 Å². The van der Waals surface area contributed by atoms with Crippen LogP contribution in [0.25, 0.3) is 16.9 Å². The summed E-state index contributed by atoms with van der Waals surface area (Å²) in [4.78, 5) is 17.1. The van der Waals surface area contributed by atoms with Gasteiger partial charge < -0.3 is 5.32 Å². The van der Waals surface area contributed by atoms with Crippen molar-refractivity contribution in [1.82, 2.24) is 14.6 Å². The zero-order chi connectivity index (χ0) is 20.4. The molecule has 0 saturated heterocycles. The molecule has 0 spiro atoms. The van der Waals surface area contributed by atoms with E-state index in [4.69, 9.17) is 21.7 Å². The summed E-state index contributed by atoms with van der Waals surface area (Å²) >= 11 is 6.12. The van der Waals surface area contributed by atoms with Crippen LogP contribution in [0.3, 0.4) is 0 Å². The van der Waals surface area contributed by atoms with E-state index >= 15 is 0 Å². The van der Waals surface area contributed by atoms with E-state index < -0.39 is 0 Å². The van der Waals surface area contributed by atoms with E-state index in [1.807, 2.05) is 66.9 Å². The van der Waals surface area contributed by atoms with E-state index in [-0.39, 0.29) is 5.91 Å². The third-order valence-electron chi connectivity index (χ3n) is 4.98. The van der Waals surface area contributed by atoms with Crippen LogP contribution in [0.4, 0.5) is 5.69 Å². The Hall–Kier alpha value is -3.18. The molecule has 4 rings (SSSR count). The highest BCUT2D eigenvalue weighted by Gasteiger charge is 2.14. The number of anilines is 1. The summed E-state index contributed by atoms with van der Waals surface area (Å²) in [5.41, 5.74) is 6.32. The minimum absolute atomic E-state index is 0.0811. The first-order chi connectivity index (χ1) is 14.0. The summed E-state index contributed by atoms with van der Waals surface area (Å²) in [6.07, 6.45) is 0.921. The molecule has 2 aromatic heterocycles. The molecule has 4 aromatic rings. The topological polar surface area (TPSA) is 59.3 Å². The molecule has 1 N–H and O–H groups in total.